The molecule has 0 aliphatic carbocycles. The molecule has 4 heteroatoms. The molecule has 2 rings (SSSR count). The van der Waals surface area contributed by atoms with Gasteiger partial charge in [-0.1, -0.05) is 30.3 Å². The van der Waals surface area contributed by atoms with Crippen molar-refractivity contribution in [1.29, 1.82) is 0 Å². The normalized spacial score (nSPS) is 21.3. The van der Waals surface area contributed by atoms with Crippen LogP contribution in [0.2, 0.25) is 0 Å². The van der Waals surface area contributed by atoms with Crippen LogP contribution in [-0.4, -0.2) is 42.9 Å². The molecule has 1 heterocycles. The van der Waals surface area contributed by atoms with E-state index < -0.39 is 5.60 Å². The Morgan fingerprint density at radius 3 is 2.54 bits per heavy atom. The van der Waals surface area contributed by atoms with Crippen molar-refractivity contribution in [3.63, 3.8) is 0 Å². The van der Waals surface area contributed by atoms with Crippen LogP contribution in [0, 0.1) is 5.41 Å². The first-order chi connectivity index (χ1) is 12.3. The van der Waals surface area contributed by atoms with Gasteiger partial charge in [0.1, 0.15) is 5.60 Å². The van der Waals surface area contributed by atoms with Gasteiger partial charge in [-0.25, -0.2) is 4.79 Å². The Labute approximate surface area is 158 Å². The fraction of sp³-hybridized carbons (Fsp3) is 0.682. The van der Waals surface area contributed by atoms with E-state index in [9.17, 15) is 4.79 Å². The molecule has 0 aromatic heterocycles. The summed E-state index contributed by atoms with van der Waals surface area (Å²) in [6.45, 7) is 10.8. The molecule has 1 aromatic carbocycles. The van der Waals surface area contributed by atoms with Crippen molar-refractivity contribution in [2.75, 3.05) is 26.3 Å². The molecule has 146 valence electrons. The molecule has 0 radical (unpaired) electrons. The van der Waals surface area contributed by atoms with Crippen LogP contribution in [0.5, 0.6) is 0 Å². The number of nitrogens with zero attached hydrogens (tertiary/aromatic N) is 1. The Hall–Kier alpha value is -1.55. The third-order valence-corrected chi connectivity index (χ3v) is 5.10. The molecule has 1 amide bonds. The first kappa shape index (κ1) is 20.8. The fourth-order valence-electron chi connectivity index (χ4n) is 3.60. The first-order valence-electron chi connectivity index (χ1n) is 9.93. The third-order valence-electron chi connectivity index (χ3n) is 5.10. The monoisotopic (exact) mass is 361 g/mol. The van der Waals surface area contributed by atoms with Crippen LogP contribution in [0.1, 0.15) is 58.9 Å². The maximum Gasteiger partial charge on any atom is 0.410 e. The molecule has 26 heavy (non-hydrogen) atoms. The maximum atomic E-state index is 12.4. The first-order valence-corrected chi connectivity index (χ1v) is 9.93. The molecule has 0 spiro atoms. The molecule has 4 nitrogen and oxygen atoms in total. The van der Waals surface area contributed by atoms with E-state index in [2.05, 4.69) is 37.3 Å². The molecule has 1 atom stereocenters. The molecular formula is C22H35NO3. The molecule has 1 aliphatic heterocycles. The van der Waals surface area contributed by atoms with Gasteiger partial charge in [0.05, 0.1) is 6.61 Å². The Morgan fingerprint density at radius 2 is 1.88 bits per heavy atom. The average Bonchev–Trinajstić information content (AvgIpc) is 2.81. The number of rotatable bonds is 6. The topological polar surface area (TPSA) is 38.8 Å². The van der Waals surface area contributed by atoms with Gasteiger partial charge in [-0.3, -0.25) is 0 Å². The second kappa shape index (κ2) is 9.40. The number of hydrogen-bond donors (Lipinski definition) is 0. The number of amides is 1. The van der Waals surface area contributed by atoms with Crippen molar-refractivity contribution in [3.05, 3.63) is 35.9 Å². The van der Waals surface area contributed by atoms with Gasteiger partial charge in [-0.2, -0.15) is 0 Å². The minimum absolute atomic E-state index is 0.141. The number of hydrogen-bond acceptors (Lipinski definition) is 3. The van der Waals surface area contributed by atoms with Crippen LogP contribution in [0.4, 0.5) is 4.79 Å². The summed E-state index contributed by atoms with van der Waals surface area (Å²) in [6, 6.07) is 10.6. The summed E-state index contributed by atoms with van der Waals surface area (Å²) < 4.78 is 11.4. The summed E-state index contributed by atoms with van der Waals surface area (Å²) >= 11 is 0. The summed E-state index contributed by atoms with van der Waals surface area (Å²) in [5.74, 6) is 0. The maximum absolute atomic E-state index is 12.4. The van der Waals surface area contributed by atoms with Crippen molar-refractivity contribution in [1.82, 2.24) is 4.90 Å². The Bertz CT molecular complexity index is 552. The van der Waals surface area contributed by atoms with Crippen LogP contribution in [0.3, 0.4) is 0 Å². The molecule has 1 fully saturated rings. The van der Waals surface area contributed by atoms with Gasteiger partial charge in [0.15, 0.2) is 0 Å². The molecule has 1 saturated heterocycles. The lowest BCUT2D eigenvalue weighted by molar-refractivity contribution is 0.0199. The lowest BCUT2D eigenvalue weighted by Gasteiger charge is -2.33. The van der Waals surface area contributed by atoms with E-state index in [1.165, 1.54) is 5.56 Å². The second-order valence-electron chi connectivity index (χ2n) is 8.44. The number of aryl methyl sites for hydroxylation is 1. The highest BCUT2D eigenvalue weighted by molar-refractivity contribution is 5.68. The fourth-order valence-corrected chi connectivity index (χ4v) is 3.60. The molecule has 0 saturated carbocycles. The lowest BCUT2D eigenvalue weighted by atomic mass is 9.76. The van der Waals surface area contributed by atoms with Crippen molar-refractivity contribution in [3.8, 4) is 0 Å². The number of likely N-dealkylation sites (tertiary alicyclic amines) is 1. The molecule has 0 bridgehead atoms. The van der Waals surface area contributed by atoms with Crippen LogP contribution < -0.4 is 0 Å². The minimum Gasteiger partial charge on any atom is -0.444 e. The highest BCUT2D eigenvalue weighted by Crippen LogP contribution is 2.37. The van der Waals surface area contributed by atoms with E-state index in [4.69, 9.17) is 9.47 Å². The van der Waals surface area contributed by atoms with E-state index in [-0.39, 0.29) is 11.5 Å². The number of benzene rings is 1. The van der Waals surface area contributed by atoms with Crippen LogP contribution in [-0.2, 0) is 15.9 Å². The minimum atomic E-state index is -0.445. The zero-order chi connectivity index (χ0) is 19.0. The van der Waals surface area contributed by atoms with Gasteiger partial charge < -0.3 is 14.4 Å². The van der Waals surface area contributed by atoms with Gasteiger partial charge in [-0.05, 0) is 70.8 Å². The molecule has 0 N–H and O–H groups in total. The zero-order valence-electron chi connectivity index (χ0n) is 16.9. The Kier molecular flexibility index (Phi) is 7.51. The third kappa shape index (κ3) is 6.64. The van der Waals surface area contributed by atoms with Gasteiger partial charge in [0, 0.05) is 19.7 Å². The standard InChI is InChI=1S/C22H35NO3/c1-5-25-18-22(14-12-19-10-7-6-8-11-19)13-9-16-23(17-15-22)20(24)26-21(2,3)4/h6-8,10-11H,5,9,12-18H2,1-4H3. The average molecular weight is 362 g/mol. The highest BCUT2D eigenvalue weighted by atomic mass is 16.6. The quantitative estimate of drug-likeness (QED) is 0.710. The smallest absolute Gasteiger partial charge is 0.410 e. The largest absolute Gasteiger partial charge is 0.444 e. The zero-order valence-corrected chi connectivity index (χ0v) is 16.9. The van der Waals surface area contributed by atoms with Gasteiger partial charge >= 0.3 is 6.09 Å². The molecule has 1 unspecified atom stereocenters. The lowest BCUT2D eigenvalue weighted by Crippen LogP contribution is -2.38. The van der Waals surface area contributed by atoms with Crippen molar-refractivity contribution in [2.24, 2.45) is 5.41 Å². The van der Waals surface area contributed by atoms with Crippen LogP contribution >= 0.6 is 0 Å². The predicted molar refractivity (Wildman–Crippen MR) is 105 cm³/mol. The summed E-state index contributed by atoms with van der Waals surface area (Å²) in [7, 11) is 0. The van der Waals surface area contributed by atoms with E-state index in [1.807, 2.05) is 25.7 Å². The van der Waals surface area contributed by atoms with Crippen molar-refractivity contribution in [2.45, 2.75) is 65.4 Å². The number of ether oxygens (including phenoxy) is 2. The molecule has 1 aromatic rings. The van der Waals surface area contributed by atoms with Crippen LogP contribution in [0.15, 0.2) is 30.3 Å². The van der Waals surface area contributed by atoms with Gasteiger partial charge in [0.2, 0.25) is 0 Å². The summed E-state index contributed by atoms with van der Waals surface area (Å²) in [4.78, 5) is 14.3. The van der Waals surface area contributed by atoms with Gasteiger partial charge in [-0.15, -0.1) is 0 Å². The van der Waals surface area contributed by atoms with Crippen molar-refractivity contribution < 1.29 is 14.3 Å². The van der Waals surface area contributed by atoms with E-state index in [0.717, 1.165) is 58.4 Å². The Morgan fingerprint density at radius 1 is 1.15 bits per heavy atom. The summed E-state index contributed by atoms with van der Waals surface area (Å²) in [5.41, 5.74) is 1.07. The summed E-state index contributed by atoms with van der Waals surface area (Å²) in [5, 5.41) is 0. The summed E-state index contributed by atoms with van der Waals surface area (Å²) in [6.07, 6.45) is 5.03. The predicted octanol–water partition coefficient (Wildman–Crippen LogP) is 5.06. The van der Waals surface area contributed by atoms with Gasteiger partial charge in [0.25, 0.3) is 0 Å². The second-order valence-corrected chi connectivity index (χ2v) is 8.44. The van der Waals surface area contributed by atoms with Crippen molar-refractivity contribution >= 4 is 6.09 Å². The Balaban J connectivity index is 2.00. The SMILES string of the molecule is CCOCC1(CCc2ccccc2)CCCN(C(=O)OC(C)(C)C)CC1. The number of carbonyl (C=O) groups excluding carboxylic acids is 1. The highest BCUT2D eigenvalue weighted by Gasteiger charge is 2.34. The molecule has 1 aliphatic rings. The molecular weight excluding hydrogens is 326 g/mol. The van der Waals surface area contributed by atoms with E-state index in [0.29, 0.717) is 0 Å². The number of carbonyl (C=O) groups is 1. The van der Waals surface area contributed by atoms with E-state index in [1.54, 1.807) is 0 Å². The van der Waals surface area contributed by atoms with Crippen LogP contribution in [0.25, 0.3) is 0 Å². The van der Waals surface area contributed by atoms with E-state index >= 15 is 0 Å².